The molecule has 1 saturated heterocycles. The van der Waals surface area contributed by atoms with Gasteiger partial charge in [0, 0.05) is 37.1 Å². The zero-order valence-corrected chi connectivity index (χ0v) is 19.2. The summed E-state index contributed by atoms with van der Waals surface area (Å²) in [6.45, 7) is 3.72. The van der Waals surface area contributed by atoms with Gasteiger partial charge < -0.3 is 25.0 Å². The van der Waals surface area contributed by atoms with Crippen molar-refractivity contribution in [1.82, 2.24) is 5.06 Å². The van der Waals surface area contributed by atoms with Gasteiger partial charge in [0.15, 0.2) is 6.23 Å². The summed E-state index contributed by atoms with van der Waals surface area (Å²) in [6, 6.07) is 8.42. The van der Waals surface area contributed by atoms with E-state index in [4.69, 9.17) is 32.8 Å². The third-order valence-electron chi connectivity index (χ3n) is 5.45. The van der Waals surface area contributed by atoms with Crippen LogP contribution >= 0.6 is 23.2 Å². The van der Waals surface area contributed by atoms with Gasteiger partial charge in [-0.05, 0) is 43.9 Å². The first kappa shape index (κ1) is 25.6. The number of hydrogen-bond acceptors (Lipinski definition) is 7. The van der Waals surface area contributed by atoms with E-state index in [-0.39, 0.29) is 0 Å². The summed E-state index contributed by atoms with van der Waals surface area (Å²) in [5.41, 5.74) is 2.35. The van der Waals surface area contributed by atoms with Crippen LogP contribution in [0.1, 0.15) is 25.3 Å². The third kappa shape index (κ3) is 6.93. The van der Waals surface area contributed by atoms with Crippen molar-refractivity contribution in [3.8, 4) is 0 Å². The lowest BCUT2D eigenvalue weighted by atomic mass is 9.99. The van der Waals surface area contributed by atoms with Crippen LogP contribution in [0.2, 0.25) is 0 Å². The number of hydroxylamine groups is 2. The van der Waals surface area contributed by atoms with Gasteiger partial charge in [-0.1, -0.05) is 12.1 Å². The Labute approximate surface area is 189 Å². The zero-order chi connectivity index (χ0) is 22.1. The SMILES string of the molecule is CON(CCCCc1ccc(N(CCCl)CCCl)cc1)[C@@H]1O[C@@H](C)[C@@H](O)[C@@H](O)[C@@H]1O. The number of rotatable bonds is 12. The summed E-state index contributed by atoms with van der Waals surface area (Å²) in [6.07, 6.45) is -2.40. The number of nitrogens with zero attached hydrogens (tertiary/aromatic N) is 2. The molecule has 0 unspecified atom stereocenters. The van der Waals surface area contributed by atoms with Crippen LogP contribution in [0, 0.1) is 0 Å². The molecule has 0 bridgehead atoms. The normalized spacial score (nSPS) is 26.9. The molecule has 9 heteroatoms. The van der Waals surface area contributed by atoms with Crippen molar-refractivity contribution in [2.45, 2.75) is 56.8 Å². The molecule has 1 aliphatic rings. The maximum Gasteiger partial charge on any atom is 0.161 e. The number of anilines is 1. The van der Waals surface area contributed by atoms with Crippen LogP contribution in [-0.4, -0.2) is 89.5 Å². The van der Waals surface area contributed by atoms with Crippen molar-refractivity contribution < 1.29 is 24.9 Å². The molecule has 172 valence electrons. The average Bonchev–Trinajstić information content (AvgIpc) is 2.75. The minimum absolute atomic E-state index is 0.533. The van der Waals surface area contributed by atoms with E-state index >= 15 is 0 Å². The molecule has 1 heterocycles. The molecule has 0 radical (unpaired) electrons. The van der Waals surface area contributed by atoms with Gasteiger partial charge in [-0.3, -0.25) is 4.84 Å². The number of unbranched alkanes of at least 4 members (excludes halogenated alkanes) is 1. The smallest absolute Gasteiger partial charge is 0.161 e. The number of aryl methyl sites for hydroxylation is 1. The Morgan fingerprint density at radius 3 is 2.13 bits per heavy atom. The summed E-state index contributed by atoms with van der Waals surface area (Å²) in [5, 5.41) is 31.6. The van der Waals surface area contributed by atoms with E-state index in [0.717, 1.165) is 38.0 Å². The molecular weight excluding hydrogens is 431 g/mol. The van der Waals surface area contributed by atoms with E-state index in [1.165, 1.54) is 17.7 Å². The summed E-state index contributed by atoms with van der Waals surface area (Å²) in [5.74, 6) is 1.12. The Hall–Kier alpha value is -0.640. The second-order valence-electron chi connectivity index (χ2n) is 7.52. The van der Waals surface area contributed by atoms with Gasteiger partial charge in [0.05, 0.1) is 13.2 Å². The van der Waals surface area contributed by atoms with E-state index in [0.29, 0.717) is 18.3 Å². The van der Waals surface area contributed by atoms with E-state index in [9.17, 15) is 15.3 Å². The molecule has 1 aliphatic heterocycles. The first-order valence-electron chi connectivity index (χ1n) is 10.4. The largest absolute Gasteiger partial charge is 0.388 e. The molecule has 0 saturated carbocycles. The van der Waals surface area contributed by atoms with Crippen molar-refractivity contribution in [3.05, 3.63) is 29.8 Å². The fourth-order valence-electron chi connectivity index (χ4n) is 3.63. The minimum atomic E-state index is -1.27. The molecule has 0 amide bonds. The first-order chi connectivity index (χ1) is 14.4. The summed E-state index contributed by atoms with van der Waals surface area (Å²) in [7, 11) is 1.50. The molecule has 7 nitrogen and oxygen atoms in total. The van der Waals surface area contributed by atoms with E-state index < -0.39 is 30.6 Å². The monoisotopic (exact) mass is 464 g/mol. The van der Waals surface area contributed by atoms with Crippen LogP contribution in [0.25, 0.3) is 0 Å². The van der Waals surface area contributed by atoms with Crippen LogP contribution in [0.3, 0.4) is 0 Å². The number of alkyl halides is 2. The molecule has 1 aromatic carbocycles. The van der Waals surface area contributed by atoms with Crippen LogP contribution in [0.15, 0.2) is 24.3 Å². The topological polar surface area (TPSA) is 85.6 Å². The molecule has 5 atom stereocenters. The van der Waals surface area contributed by atoms with Gasteiger partial charge in [0.1, 0.15) is 18.3 Å². The molecule has 1 aromatic rings. The van der Waals surface area contributed by atoms with Crippen LogP contribution < -0.4 is 4.90 Å². The van der Waals surface area contributed by atoms with Gasteiger partial charge in [-0.25, -0.2) is 0 Å². The minimum Gasteiger partial charge on any atom is -0.388 e. The van der Waals surface area contributed by atoms with E-state index in [1.54, 1.807) is 6.92 Å². The first-order valence-corrected chi connectivity index (χ1v) is 11.5. The molecule has 0 spiro atoms. The number of aliphatic hydroxyl groups excluding tert-OH is 3. The highest BCUT2D eigenvalue weighted by atomic mass is 35.5. The van der Waals surface area contributed by atoms with Gasteiger partial charge in [0.25, 0.3) is 0 Å². The lowest BCUT2D eigenvalue weighted by Gasteiger charge is -2.43. The number of hydrogen-bond donors (Lipinski definition) is 3. The third-order valence-corrected chi connectivity index (χ3v) is 5.79. The standard InChI is InChI=1S/C21H34Cl2N2O5/c1-15-18(26)19(27)20(28)21(30-15)25(29-2)12-4-3-5-16-6-8-17(9-7-16)24(13-10-22)14-11-23/h6-9,15,18-21,26-28H,3-5,10-14H2,1-2H3/t15-,18+,19+,20-,21+/m0/s1. The fraction of sp³-hybridized carbons (Fsp3) is 0.714. The highest BCUT2D eigenvalue weighted by Gasteiger charge is 2.44. The lowest BCUT2D eigenvalue weighted by Crippen LogP contribution is -2.61. The summed E-state index contributed by atoms with van der Waals surface area (Å²) in [4.78, 5) is 7.53. The quantitative estimate of drug-likeness (QED) is 0.247. The van der Waals surface area contributed by atoms with Crippen LogP contribution in [0.5, 0.6) is 0 Å². The van der Waals surface area contributed by atoms with Crippen LogP contribution in [-0.2, 0) is 16.0 Å². The van der Waals surface area contributed by atoms with Gasteiger partial charge in [-0.2, -0.15) is 5.06 Å². The maximum absolute atomic E-state index is 10.2. The summed E-state index contributed by atoms with van der Waals surface area (Å²) >= 11 is 11.7. The van der Waals surface area contributed by atoms with Crippen molar-refractivity contribution in [2.75, 3.05) is 43.4 Å². The molecule has 3 N–H and O–H groups in total. The van der Waals surface area contributed by atoms with Crippen molar-refractivity contribution >= 4 is 28.9 Å². The predicted octanol–water partition coefficient (Wildman–Crippen LogP) is 1.98. The highest BCUT2D eigenvalue weighted by Crippen LogP contribution is 2.24. The van der Waals surface area contributed by atoms with Gasteiger partial charge in [0.2, 0.25) is 0 Å². The average molecular weight is 465 g/mol. The Morgan fingerprint density at radius 1 is 0.933 bits per heavy atom. The van der Waals surface area contributed by atoms with Gasteiger partial charge >= 0.3 is 0 Å². The maximum atomic E-state index is 10.2. The number of ether oxygens (including phenoxy) is 1. The molecule has 0 aromatic heterocycles. The molecule has 1 fully saturated rings. The highest BCUT2D eigenvalue weighted by molar-refractivity contribution is 6.18. The van der Waals surface area contributed by atoms with Crippen molar-refractivity contribution in [2.24, 2.45) is 0 Å². The predicted molar refractivity (Wildman–Crippen MR) is 119 cm³/mol. The van der Waals surface area contributed by atoms with Crippen LogP contribution in [0.4, 0.5) is 5.69 Å². The Kier molecular flexibility index (Phi) is 11.1. The number of benzene rings is 1. The second kappa shape index (κ2) is 13.0. The molecule has 2 rings (SSSR count). The van der Waals surface area contributed by atoms with E-state index in [2.05, 4.69) is 29.2 Å². The Balaban J connectivity index is 1.82. The van der Waals surface area contributed by atoms with Gasteiger partial charge in [-0.15, -0.1) is 23.2 Å². The molecular formula is C21H34Cl2N2O5. The second-order valence-corrected chi connectivity index (χ2v) is 8.27. The number of halogens is 2. The Bertz CT molecular complexity index is 604. The molecule has 30 heavy (non-hydrogen) atoms. The zero-order valence-electron chi connectivity index (χ0n) is 17.7. The number of aliphatic hydroxyl groups is 3. The summed E-state index contributed by atoms with van der Waals surface area (Å²) < 4.78 is 5.64. The van der Waals surface area contributed by atoms with Crippen molar-refractivity contribution in [3.63, 3.8) is 0 Å². The van der Waals surface area contributed by atoms with E-state index in [1.807, 2.05) is 0 Å². The fourth-order valence-corrected chi connectivity index (χ4v) is 4.04. The van der Waals surface area contributed by atoms with Crippen molar-refractivity contribution in [1.29, 1.82) is 0 Å². The molecule has 0 aliphatic carbocycles. The lowest BCUT2D eigenvalue weighted by molar-refractivity contribution is -0.322. The Morgan fingerprint density at radius 2 is 1.57 bits per heavy atom.